The molecule has 110 valence electrons. The number of rotatable bonds is 3. The normalized spacial score (nSPS) is 11.2. The number of carbonyl (C=O) groups excluding carboxylic acids is 1. The first kappa shape index (κ1) is 15.0. The molecule has 0 unspecified atom stereocenters. The fraction of sp³-hybridized carbons (Fsp3) is 0.200. The Labute approximate surface area is 119 Å². The predicted octanol–water partition coefficient (Wildman–Crippen LogP) is 3.64. The molecule has 0 aliphatic rings. The molecule has 0 spiro atoms. The van der Waals surface area contributed by atoms with Crippen molar-refractivity contribution in [3.63, 3.8) is 0 Å². The van der Waals surface area contributed by atoms with Crippen LogP contribution in [0.2, 0.25) is 0 Å². The topological polar surface area (TPSA) is 39.2 Å². The second-order valence-electron chi connectivity index (χ2n) is 4.45. The highest BCUT2D eigenvalue weighted by atomic mass is 19.4. The Morgan fingerprint density at radius 3 is 2.62 bits per heavy atom. The van der Waals surface area contributed by atoms with Crippen LogP contribution in [-0.4, -0.2) is 24.2 Å². The van der Waals surface area contributed by atoms with Crippen LogP contribution in [0.4, 0.5) is 13.2 Å². The molecule has 1 aromatic heterocycles. The minimum Gasteiger partial charge on any atom is -0.465 e. The molecule has 0 saturated heterocycles. The van der Waals surface area contributed by atoms with E-state index in [9.17, 15) is 18.0 Å². The number of esters is 1. The van der Waals surface area contributed by atoms with E-state index in [0.29, 0.717) is 11.1 Å². The van der Waals surface area contributed by atoms with Crippen LogP contribution in [0.15, 0.2) is 42.7 Å². The third kappa shape index (κ3) is 4.05. The van der Waals surface area contributed by atoms with E-state index in [2.05, 4.69) is 9.72 Å². The van der Waals surface area contributed by atoms with Gasteiger partial charge in [0, 0.05) is 18.0 Å². The highest BCUT2D eigenvalue weighted by molar-refractivity contribution is 5.90. The standard InChI is InChI=1S/C15H12F3NO2/c1-21-14(20)13-6-12(8-19-9-13)11-4-2-3-10(5-11)7-15(16,17)18/h2-6,8-9H,7H2,1H3. The van der Waals surface area contributed by atoms with E-state index in [1.54, 1.807) is 12.1 Å². The molecule has 21 heavy (non-hydrogen) atoms. The summed E-state index contributed by atoms with van der Waals surface area (Å²) in [5.41, 5.74) is 1.52. The maximum atomic E-state index is 12.4. The number of nitrogens with zero attached hydrogens (tertiary/aromatic N) is 1. The number of ether oxygens (including phenoxy) is 1. The van der Waals surface area contributed by atoms with Crippen LogP contribution in [0.25, 0.3) is 11.1 Å². The molecule has 3 nitrogen and oxygen atoms in total. The SMILES string of the molecule is COC(=O)c1cncc(-c2cccc(CC(F)(F)F)c2)c1. The minimum atomic E-state index is -4.26. The van der Waals surface area contributed by atoms with Crippen molar-refractivity contribution >= 4 is 5.97 Å². The number of benzene rings is 1. The van der Waals surface area contributed by atoms with Crippen LogP contribution in [0, 0.1) is 0 Å². The van der Waals surface area contributed by atoms with E-state index in [-0.39, 0.29) is 11.1 Å². The largest absolute Gasteiger partial charge is 0.465 e. The van der Waals surface area contributed by atoms with Crippen LogP contribution in [0.1, 0.15) is 15.9 Å². The summed E-state index contributed by atoms with van der Waals surface area (Å²) >= 11 is 0. The van der Waals surface area contributed by atoms with Gasteiger partial charge in [0.05, 0.1) is 19.1 Å². The summed E-state index contributed by atoms with van der Waals surface area (Å²) in [6.45, 7) is 0. The van der Waals surface area contributed by atoms with Crippen molar-refractivity contribution in [1.29, 1.82) is 0 Å². The summed E-state index contributed by atoms with van der Waals surface area (Å²) in [4.78, 5) is 15.4. The first-order chi connectivity index (χ1) is 9.89. The second kappa shape index (κ2) is 5.95. The number of aromatic nitrogens is 1. The summed E-state index contributed by atoms with van der Waals surface area (Å²) in [6.07, 6.45) is -2.43. The van der Waals surface area contributed by atoms with Crippen LogP contribution in [0.5, 0.6) is 0 Å². The van der Waals surface area contributed by atoms with Gasteiger partial charge in [-0.05, 0) is 17.2 Å². The Balaban J connectivity index is 2.34. The molecule has 2 aromatic rings. The maximum Gasteiger partial charge on any atom is 0.393 e. The van der Waals surface area contributed by atoms with Gasteiger partial charge in [-0.15, -0.1) is 0 Å². The number of hydrogen-bond donors (Lipinski definition) is 0. The third-order valence-electron chi connectivity index (χ3n) is 2.82. The minimum absolute atomic E-state index is 0.156. The molecule has 0 aliphatic carbocycles. The van der Waals surface area contributed by atoms with Gasteiger partial charge >= 0.3 is 12.1 Å². The first-order valence-electron chi connectivity index (χ1n) is 6.08. The van der Waals surface area contributed by atoms with Gasteiger partial charge in [0.15, 0.2) is 0 Å². The van der Waals surface area contributed by atoms with Crippen molar-refractivity contribution in [2.45, 2.75) is 12.6 Å². The third-order valence-corrected chi connectivity index (χ3v) is 2.82. The van der Waals surface area contributed by atoms with Gasteiger partial charge in [-0.2, -0.15) is 13.2 Å². The Hall–Kier alpha value is -2.37. The predicted molar refractivity (Wildman–Crippen MR) is 70.8 cm³/mol. The van der Waals surface area contributed by atoms with E-state index in [1.165, 1.54) is 37.7 Å². The first-order valence-corrected chi connectivity index (χ1v) is 6.08. The van der Waals surface area contributed by atoms with Crippen molar-refractivity contribution in [2.24, 2.45) is 0 Å². The molecular formula is C15H12F3NO2. The lowest BCUT2D eigenvalue weighted by Gasteiger charge is -2.09. The zero-order valence-corrected chi connectivity index (χ0v) is 11.1. The van der Waals surface area contributed by atoms with Crippen molar-refractivity contribution in [3.8, 4) is 11.1 Å². The monoisotopic (exact) mass is 295 g/mol. The summed E-state index contributed by atoms with van der Waals surface area (Å²) < 4.78 is 41.8. The molecular weight excluding hydrogens is 283 g/mol. The number of alkyl halides is 3. The maximum absolute atomic E-state index is 12.4. The second-order valence-corrected chi connectivity index (χ2v) is 4.45. The number of hydrogen-bond acceptors (Lipinski definition) is 3. The number of pyridine rings is 1. The molecule has 0 N–H and O–H groups in total. The van der Waals surface area contributed by atoms with E-state index >= 15 is 0 Å². The lowest BCUT2D eigenvalue weighted by Crippen LogP contribution is -2.11. The lowest BCUT2D eigenvalue weighted by molar-refractivity contribution is -0.127. The van der Waals surface area contributed by atoms with Crippen molar-refractivity contribution in [2.75, 3.05) is 7.11 Å². The summed E-state index contributed by atoms with van der Waals surface area (Å²) in [7, 11) is 1.25. The average molecular weight is 295 g/mol. The smallest absolute Gasteiger partial charge is 0.393 e. The highest BCUT2D eigenvalue weighted by Gasteiger charge is 2.27. The summed E-state index contributed by atoms with van der Waals surface area (Å²) in [5.74, 6) is -0.546. The van der Waals surface area contributed by atoms with Crippen LogP contribution in [0.3, 0.4) is 0 Å². The van der Waals surface area contributed by atoms with Gasteiger partial charge in [-0.3, -0.25) is 4.98 Å². The van der Waals surface area contributed by atoms with E-state index in [1.807, 2.05) is 0 Å². The number of halogens is 3. The molecule has 1 aromatic carbocycles. The molecule has 0 radical (unpaired) electrons. The van der Waals surface area contributed by atoms with E-state index in [4.69, 9.17) is 0 Å². The fourth-order valence-corrected chi connectivity index (χ4v) is 1.92. The van der Waals surface area contributed by atoms with Crippen molar-refractivity contribution in [1.82, 2.24) is 4.98 Å². The average Bonchev–Trinajstić information content (AvgIpc) is 2.45. The van der Waals surface area contributed by atoms with Gasteiger partial charge in [0.1, 0.15) is 0 Å². The molecule has 0 aliphatic heterocycles. The Bertz CT molecular complexity index is 653. The van der Waals surface area contributed by atoms with Crippen LogP contribution < -0.4 is 0 Å². The van der Waals surface area contributed by atoms with Gasteiger partial charge in [-0.25, -0.2) is 4.79 Å². The van der Waals surface area contributed by atoms with Gasteiger partial charge in [0.25, 0.3) is 0 Å². The zero-order chi connectivity index (χ0) is 15.5. The van der Waals surface area contributed by atoms with E-state index < -0.39 is 18.6 Å². The van der Waals surface area contributed by atoms with E-state index in [0.717, 1.165) is 0 Å². The Morgan fingerprint density at radius 1 is 1.19 bits per heavy atom. The highest BCUT2D eigenvalue weighted by Crippen LogP contribution is 2.25. The summed E-state index contributed by atoms with van der Waals surface area (Å²) in [6, 6.07) is 7.59. The molecule has 2 rings (SSSR count). The zero-order valence-electron chi connectivity index (χ0n) is 11.1. The molecule has 0 saturated carbocycles. The molecule has 0 fully saturated rings. The van der Waals surface area contributed by atoms with Crippen molar-refractivity contribution in [3.05, 3.63) is 53.9 Å². The lowest BCUT2D eigenvalue weighted by atomic mass is 10.0. The molecule has 6 heteroatoms. The molecule has 0 atom stereocenters. The number of carbonyl (C=O) groups is 1. The van der Waals surface area contributed by atoms with Gasteiger partial charge in [0.2, 0.25) is 0 Å². The van der Waals surface area contributed by atoms with Gasteiger partial charge < -0.3 is 4.74 Å². The molecule has 0 amide bonds. The Kier molecular flexibility index (Phi) is 4.26. The van der Waals surface area contributed by atoms with Crippen molar-refractivity contribution < 1.29 is 22.7 Å². The molecule has 1 heterocycles. The molecule has 0 bridgehead atoms. The summed E-state index contributed by atoms with van der Waals surface area (Å²) in [5, 5.41) is 0. The van der Waals surface area contributed by atoms with Gasteiger partial charge in [-0.1, -0.05) is 24.3 Å². The fourth-order valence-electron chi connectivity index (χ4n) is 1.92. The van der Waals surface area contributed by atoms with Crippen LogP contribution in [-0.2, 0) is 11.2 Å². The Morgan fingerprint density at radius 2 is 1.95 bits per heavy atom. The van der Waals surface area contributed by atoms with Crippen LogP contribution >= 0.6 is 0 Å². The quantitative estimate of drug-likeness (QED) is 0.812. The number of methoxy groups -OCH3 is 1.